The third-order valence-corrected chi connectivity index (χ3v) is 7.78. The van der Waals surface area contributed by atoms with Gasteiger partial charge in [-0.1, -0.05) is 48.0 Å². The fourth-order valence-electron chi connectivity index (χ4n) is 4.50. The van der Waals surface area contributed by atoms with Gasteiger partial charge in [-0.25, -0.2) is 9.97 Å². The van der Waals surface area contributed by atoms with E-state index in [4.69, 9.17) is 4.98 Å². The number of hydrogen-bond donors (Lipinski definition) is 0. The molecule has 1 aliphatic carbocycles. The molecular weight excluding hydrogens is 446 g/mol. The molecule has 0 saturated carbocycles. The van der Waals surface area contributed by atoms with E-state index >= 15 is 0 Å². The minimum absolute atomic E-state index is 0.212. The van der Waals surface area contributed by atoms with E-state index in [9.17, 15) is 8.42 Å². The third-order valence-electron chi connectivity index (χ3n) is 6.45. The van der Waals surface area contributed by atoms with Gasteiger partial charge in [0.1, 0.15) is 0 Å². The van der Waals surface area contributed by atoms with Crippen LogP contribution in [0.4, 0.5) is 5.95 Å². The van der Waals surface area contributed by atoms with Crippen LogP contribution in [0.25, 0.3) is 0 Å². The van der Waals surface area contributed by atoms with Crippen molar-refractivity contribution in [3.8, 4) is 0 Å². The molecule has 2 heterocycles. The maximum atomic E-state index is 12.9. The minimum Gasteiger partial charge on any atom is -0.338 e. The highest BCUT2D eigenvalue weighted by atomic mass is 32.2. The molecule has 1 aromatic heterocycles. The lowest BCUT2D eigenvalue weighted by Crippen LogP contribution is -2.46. The van der Waals surface area contributed by atoms with Crippen molar-refractivity contribution in [3.05, 3.63) is 83.2 Å². The molecular formula is C26H29N5O2S. The summed E-state index contributed by atoms with van der Waals surface area (Å²) in [5.41, 5.74) is 4.54. The highest BCUT2D eigenvalue weighted by Gasteiger charge is 2.24. The van der Waals surface area contributed by atoms with E-state index in [0.717, 1.165) is 68.3 Å². The normalized spacial score (nSPS) is 18.1. The Bertz CT molecular complexity index is 1280. The number of hydrogen-bond acceptors (Lipinski definition) is 6. The number of nitrogens with zero attached hydrogens (tertiary/aromatic N) is 5. The van der Waals surface area contributed by atoms with Crippen molar-refractivity contribution in [1.82, 2.24) is 14.9 Å². The van der Waals surface area contributed by atoms with Gasteiger partial charge in [0.2, 0.25) is 5.95 Å². The Balaban J connectivity index is 1.30. The van der Waals surface area contributed by atoms with Crippen LogP contribution in [0.1, 0.15) is 35.2 Å². The molecule has 1 aliphatic heterocycles. The maximum Gasteiger partial charge on any atom is 0.282 e. The standard InChI is InChI=1S/C26H29N5O2S/c1-20-10-12-22(13-11-20)34(32,33)29-25-9-5-8-24-23(25)18-27-26(28-24)31-16-14-30(15-17-31)19-21-6-3-2-4-7-21/h2-4,6-7,10-13,18H,5,8-9,14-17,19H2,1H3/b29-25+. The SMILES string of the molecule is Cc1ccc(S(=O)(=O)/N=C2\CCCc3nc(N4CCN(Cc5ccccc5)CC4)ncc32)cc1. The zero-order valence-corrected chi connectivity index (χ0v) is 20.2. The van der Waals surface area contributed by atoms with E-state index < -0.39 is 10.0 Å². The quantitative estimate of drug-likeness (QED) is 0.561. The van der Waals surface area contributed by atoms with Crippen molar-refractivity contribution in [2.45, 2.75) is 37.6 Å². The second kappa shape index (κ2) is 9.64. The predicted molar refractivity (Wildman–Crippen MR) is 134 cm³/mol. The van der Waals surface area contributed by atoms with E-state index in [1.807, 2.05) is 13.0 Å². The summed E-state index contributed by atoms with van der Waals surface area (Å²) in [7, 11) is -3.77. The Morgan fingerprint density at radius 1 is 0.941 bits per heavy atom. The third kappa shape index (κ3) is 5.03. The van der Waals surface area contributed by atoms with Crippen LogP contribution in [-0.2, 0) is 23.0 Å². The monoisotopic (exact) mass is 475 g/mol. The lowest BCUT2D eigenvalue weighted by atomic mass is 9.95. The first-order valence-electron chi connectivity index (χ1n) is 11.8. The molecule has 0 unspecified atom stereocenters. The van der Waals surface area contributed by atoms with Gasteiger partial charge in [0.05, 0.1) is 16.3 Å². The molecule has 0 atom stereocenters. The second-order valence-electron chi connectivity index (χ2n) is 8.96. The molecule has 176 valence electrons. The second-order valence-corrected chi connectivity index (χ2v) is 10.6. The number of rotatable bonds is 5. The molecule has 5 rings (SSSR count). The van der Waals surface area contributed by atoms with Crippen LogP contribution in [0.15, 0.2) is 70.1 Å². The molecule has 0 bridgehead atoms. The van der Waals surface area contributed by atoms with Gasteiger partial charge in [-0.05, 0) is 43.9 Å². The van der Waals surface area contributed by atoms with Gasteiger partial charge in [-0.15, -0.1) is 0 Å². The van der Waals surface area contributed by atoms with Crippen LogP contribution < -0.4 is 4.90 Å². The fourth-order valence-corrected chi connectivity index (χ4v) is 5.56. The van der Waals surface area contributed by atoms with E-state index in [-0.39, 0.29) is 4.90 Å². The molecule has 1 fully saturated rings. The van der Waals surface area contributed by atoms with E-state index in [1.54, 1.807) is 30.5 Å². The van der Waals surface area contributed by atoms with Gasteiger partial charge in [-0.2, -0.15) is 12.8 Å². The molecule has 0 radical (unpaired) electrons. The van der Waals surface area contributed by atoms with Crippen LogP contribution in [0.3, 0.4) is 0 Å². The van der Waals surface area contributed by atoms with Gasteiger partial charge in [0.25, 0.3) is 10.0 Å². The molecule has 1 saturated heterocycles. The Morgan fingerprint density at radius 2 is 1.68 bits per heavy atom. The van der Waals surface area contributed by atoms with Crippen molar-refractivity contribution in [1.29, 1.82) is 0 Å². The summed E-state index contributed by atoms with van der Waals surface area (Å²) in [6.45, 7) is 6.53. The highest BCUT2D eigenvalue weighted by Crippen LogP contribution is 2.25. The van der Waals surface area contributed by atoms with Crippen molar-refractivity contribution >= 4 is 21.7 Å². The van der Waals surface area contributed by atoms with Crippen molar-refractivity contribution in [3.63, 3.8) is 0 Å². The van der Waals surface area contributed by atoms with Gasteiger partial charge < -0.3 is 4.90 Å². The Labute approximate surface area is 201 Å². The van der Waals surface area contributed by atoms with Gasteiger partial charge in [0.15, 0.2) is 0 Å². The van der Waals surface area contributed by atoms with Crippen molar-refractivity contribution in [2.75, 3.05) is 31.1 Å². The summed E-state index contributed by atoms with van der Waals surface area (Å²) in [5, 5.41) is 0. The van der Waals surface area contributed by atoms with E-state index in [2.05, 4.69) is 43.4 Å². The summed E-state index contributed by atoms with van der Waals surface area (Å²) >= 11 is 0. The Hall–Kier alpha value is -3.10. The fraction of sp³-hybridized carbons (Fsp3) is 0.346. The number of benzene rings is 2. The zero-order chi connectivity index (χ0) is 23.5. The van der Waals surface area contributed by atoms with Gasteiger partial charge in [0, 0.05) is 44.5 Å². The molecule has 0 spiro atoms. The number of sulfonamides is 1. The highest BCUT2D eigenvalue weighted by molar-refractivity contribution is 7.90. The number of aromatic nitrogens is 2. The van der Waals surface area contributed by atoms with Crippen LogP contribution in [0.2, 0.25) is 0 Å². The predicted octanol–water partition coefficient (Wildman–Crippen LogP) is 3.62. The molecule has 2 aromatic carbocycles. The number of anilines is 1. The minimum atomic E-state index is -3.77. The van der Waals surface area contributed by atoms with Crippen LogP contribution >= 0.6 is 0 Å². The molecule has 7 nitrogen and oxygen atoms in total. The van der Waals surface area contributed by atoms with Crippen LogP contribution in [0.5, 0.6) is 0 Å². The number of fused-ring (bicyclic) bond motifs is 1. The average Bonchev–Trinajstić information content (AvgIpc) is 2.85. The first kappa shape index (κ1) is 22.7. The lowest BCUT2D eigenvalue weighted by Gasteiger charge is -2.35. The Kier molecular flexibility index (Phi) is 6.43. The number of aryl methyl sites for hydroxylation is 2. The van der Waals surface area contributed by atoms with Crippen LogP contribution in [-0.4, -0.2) is 55.2 Å². The molecule has 2 aliphatic rings. The van der Waals surface area contributed by atoms with Gasteiger partial charge >= 0.3 is 0 Å². The summed E-state index contributed by atoms with van der Waals surface area (Å²) in [4.78, 5) is 14.3. The van der Waals surface area contributed by atoms with Gasteiger partial charge in [-0.3, -0.25) is 4.90 Å². The van der Waals surface area contributed by atoms with E-state index in [0.29, 0.717) is 12.1 Å². The summed E-state index contributed by atoms with van der Waals surface area (Å²) in [6, 6.07) is 17.3. The van der Waals surface area contributed by atoms with E-state index in [1.165, 1.54) is 5.56 Å². The summed E-state index contributed by atoms with van der Waals surface area (Å²) in [5.74, 6) is 0.723. The maximum absolute atomic E-state index is 12.9. The molecule has 34 heavy (non-hydrogen) atoms. The average molecular weight is 476 g/mol. The summed E-state index contributed by atoms with van der Waals surface area (Å²) < 4.78 is 29.9. The molecule has 3 aromatic rings. The summed E-state index contributed by atoms with van der Waals surface area (Å²) in [6.07, 6.45) is 4.01. The van der Waals surface area contributed by atoms with Crippen LogP contribution in [0, 0.1) is 6.92 Å². The topological polar surface area (TPSA) is 78.8 Å². The molecule has 8 heteroatoms. The zero-order valence-electron chi connectivity index (χ0n) is 19.4. The first-order valence-corrected chi connectivity index (χ1v) is 13.2. The number of piperazine rings is 1. The van der Waals surface area contributed by atoms with Crippen molar-refractivity contribution in [2.24, 2.45) is 4.40 Å². The Morgan fingerprint density at radius 3 is 2.41 bits per heavy atom. The molecule has 0 amide bonds. The largest absolute Gasteiger partial charge is 0.338 e. The van der Waals surface area contributed by atoms with Crippen molar-refractivity contribution < 1.29 is 8.42 Å². The lowest BCUT2D eigenvalue weighted by molar-refractivity contribution is 0.248. The molecule has 0 N–H and O–H groups in total. The first-order chi connectivity index (χ1) is 16.5. The smallest absolute Gasteiger partial charge is 0.282 e.